The summed E-state index contributed by atoms with van der Waals surface area (Å²) in [5.41, 5.74) is 2.42. The molecule has 6 fully saturated rings. The fourth-order valence-electron chi connectivity index (χ4n) is 6.70. The predicted molar refractivity (Wildman–Crippen MR) is 65.8 cm³/mol. The molecule has 0 bridgehead atoms. The average molecular weight is 306 g/mol. The van der Waals surface area contributed by atoms with E-state index in [0.29, 0.717) is 0 Å². The van der Waals surface area contributed by atoms with Crippen LogP contribution in [0.2, 0.25) is 0 Å². The summed E-state index contributed by atoms with van der Waals surface area (Å²) >= 11 is 2.80. The summed E-state index contributed by atoms with van der Waals surface area (Å²) < 4.78 is 0.842. The van der Waals surface area contributed by atoms with Crippen molar-refractivity contribution >= 4 is 22.6 Å². The minimum Gasteiger partial charge on any atom is -0.0779 e. The highest BCUT2D eigenvalue weighted by Crippen LogP contribution is 3.08. The maximum atomic E-state index is 2.80. The molecule has 0 spiro atoms. The molecule has 0 saturated heterocycles. The monoisotopic (exact) mass is 306 g/mol. The SMILES string of the molecule is IC12C3C4C1C1C2C3C41c1ccccc1. The van der Waals surface area contributed by atoms with Crippen LogP contribution in [-0.2, 0) is 5.41 Å². The zero-order chi connectivity index (χ0) is 9.58. The number of rotatable bonds is 1. The average Bonchev–Trinajstić information content (AvgIpc) is 2.31. The van der Waals surface area contributed by atoms with E-state index in [1.54, 1.807) is 5.56 Å². The fraction of sp³-hybridized carbons (Fsp3) is 0.571. The molecule has 1 aromatic carbocycles. The Morgan fingerprint density at radius 3 is 1.87 bits per heavy atom. The van der Waals surface area contributed by atoms with Crippen LogP contribution < -0.4 is 0 Å². The van der Waals surface area contributed by atoms with Crippen molar-refractivity contribution in [2.45, 2.75) is 8.84 Å². The van der Waals surface area contributed by atoms with Crippen LogP contribution >= 0.6 is 22.6 Å². The number of alkyl halides is 1. The molecule has 0 unspecified atom stereocenters. The summed E-state index contributed by atoms with van der Waals surface area (Å²) in [5.74, 6) is 6.82. The van der Waals surface area contributed by atoms with Crippen molar-refractivity contribution in [3.05, 3.63) is 35.9 Å². The Hall–Kier alpha value is -0.0500. The van der Waals surface area contributed by atoms with E-state index in [1.165, 1.54) is 0 Å². The van der Waals surface area contributed by atoms with E-state index >= 15 is 0 Å². The summed E-state index contributed by atoms with van der Waals surface area (Å²) in [7, 11) is 0. The van der Waals surface area contributed by atoms with Crippen molar-refractivity contribution in [1.82, 2.24) is 0 Å². The largest absolute Gasteiger partial charge is 0.0779 e. The van der Waals surface area contributed by atoms with Crippen LogP contribution in [0.4, 0.5) is 0 Å². The normalized spacial score (nSPS) is 72.9. The predicted octanol–water partition coefficient (Wildman–Crippen LogP) is 2.86. The summed E-state index contributed by atoms with van der Waals surface area (Å²) in [6.07, 6.45) is 0. The van der Waals surface area contributed by atoms with Crippen LogP contribution in [0.25, 0.3) is 0 Å². The Labute approximate surface area is 103 Å². The van der Waals surface area contributed by atoms with E-state index in [1.807, 2.05) is 0 Å². The number of benzene rings is 1. The first kappa shape index (κ1) is 7.31. The molecule has 1 aromatic rings. The second-order valence-electron chi connectivity index (χ2n) is 6.28. The summed E-state index contributed by atoms with van der Waals surface area (Å²) in [6, 6.07) is 11.4. The van der Waals surface area contributed by atoms with Gasteiger partial charge in [-0.1, -0.05) is 52.9 Å². The van der Waals surface area contributed by atoms with Gasteiger partial charge in [0.1, 0.15) is 0 Å². The van der Waals surface area contributed by atoms with Crippen molar-refractivity contribution in [3.63, 3.8) is 0 Å². The van der Waals surface area contributed by atoms with Gasteiger partial charge in [-0.25, -0.2) is 0 Å². The molecule has 0 aliphatic heterocycles. The van der Waals surface area contributed by atoms with E-state index in [2.05, 4.69) is 52.9 Å². The third-order valence-corrected chi connectivity index (χ3v) is 8.94. The molecule has 0 amide bonds. The molecule has 7 rings (SSSR count). The highest BCUT2D eigenvalue weighted by molar-refractivity contribution is 14.1. The third-order valence-electron chi connectivity index (χ3n) is 6.78. The standard InChI is InChI=1S/C14H11I/c15-14-10-7-11(14)9-12(14)8(10)13(7,9)6-4-2-1-3-5-6/h1-5,7-12H. The lowest BCUT2D eigenvalue weighted by atomic mass is 8.96. The lowest BCUT2D eigenvalue weighted by Gasteiger charge is -3.10. The minimum atomic E-state index is 0.730. The quantitative estimate of drug-likeness (QED) is 0.553. The van der Waals surface area contributed by atoms with Gasteiger partial charge in [0, 0.05) is 8.84 Å². The third kappa shape index (κ3) is 0.364. The second-order valence-corrected chi connectivity index (χ2v) is 8.15. The highest BCUT2D eigenvalue weighted by Gasteiger charge is 3.09. The first-order valence-electron chi connectivity index (χ1n) is 6.08. The molecule has 0 aromatic heterocycles. The molecule has 0 radical (unpaired) electrons. The molecule has 6 aliphatic carbocycles. The van der Waals surface area contributed by atoms with Gasteiger partial charge in [0.05, 0.1) is 0 Å². The number of hydrogen-bond acceptors (Lipinski definition) is 0. The summed E-state index contributed by atoms with van der Waals surface area (Å²) in [4.78, 5) is 0. The van der Waals surface area contributed by atoms with Crippen molar-refractivity contribution in [1.29, 1.82) is 0 Å². The molecule has 1 heteroatoms. The Morgan fingerprint density at radius 1 is 0.800 bits per heavy atom. The molecular weight excluding hydrogens is 295 g/mol. The minimum absolute atomic E-state index is 0.730. The molecular formula is C14H11I. The fourth-order valence-corrected chi connectivity index (χ4v) is 9.02. The van der Waals surface area contributed by atoms with Gasteiger partial charge in [-0.2, -0.15) is 0 Å². The highest BCUT2D eigenvalue weighted by atomic mass is 127. The van der Waals surface area contributed by atoms with Gasteiger partial charge in [-0.05, 0) is 41.1 Å². The van der Waals surface area contributed by atoms with Gasteiger partial charge >= 0.3 is 0 Å². The zero-order valence-corrected chi connectivity index (χ0v) is 10.4. The molecule has 15 heavy (non-hydrogen) atoms. The van der Waals surface area contributed by atoms with E-state index in [9.17, 15) is 0 Å². The Kier molecular flexibility index (Phi) is 0.792. The number of hydrogen-bond donors (Lipinski definition) is 0. The molecule has 0 atom stereocenters. The first-order chi connectivity index (χ1) is 7.34. The van der Waals surface area contributed by atoms with E-state index < -0.39 is 0 Å². The number of halogens is 1. The molecule has 6 aliphatic rings. The van der Waals surface area contributed by atoms with Gasteiger partial charge in [0.15, 0.2) is 0 Å². The van der Waals surface area contributed by atoms with Crippen LogP contribution in [0.3, 0.4) is 0 Å². The van der Waals surface area contributed by atoms with Gasteiger partial charge in [-0.3, -0.25) is 0 Å². The molecule has 0 N–H and O–H groups in total. The van der Waals surface area contributed by atoms with E-state index in [0.717, 1.165) is 44.3 Å². The van der Waals surface area contributed by atoms with Crippen LogP contribution in [0.15, 0.2) is 30.3 Å². The molecule has 0 heterocycles. The van der Waals surface area contributed by atoms with Crippen molar-refractivity contribution in [3.8, 4) is 0 Å². The second kappa shape index (κ2) is 1.62. The summed E-state index contributed by atoms with van der Waals surface area (Å²) in [6.45, 7) is 0. The Balaban J connectivity index is 1.57. The van der Waals surface area contributed by atoms with Gasteiger partial charge in [-0.15, -0.1) is 0 Å². The van der Waals surface area contributed by atoms with Crippen molar-refractivity contribution < 1.29 is 0 Å². The lowest BCUT2D eigenvalue weighted by Crippen LogP contribution is -3.12. The van der Waals surface area contributed by atoms with Gasteiger partial charge < -0.3 is 0 Å². The zero-order valence-electron chi connectivity index (χ0n) is 8.23. The van der Waals surface area contributed by atoms with Gasteiger partial charge in [0.25, 0.3) is 0 Å². The first-order valence-corrected chi connectivity index (χ1v) is 7.16. The van der Waals surface area contributed by atoms with Crippen molar-refractivity contribution in [2.75, 3.05) is 0 Å². The molecule has 0 nitrogen and oxygen atoms in total. The molecule has 74 valence electrons. The smallest absolute Gasteiger partial charge is 0.0325 e. The molecule has 6 saturated carbocycles. The Bertz CT molecular complexity index is 464. The topological polar surface area (TPSA) is 0 Å². The van der Waals surface area contributed by atoms with Gasteiger partial charge in [0.2, 0.25) is 0 Å². The van der Waals surface area contributed by atoms with E-state index in [-0.39, 0.29) is 0 Å². The van der Waals surface area contributed by atoms with Crippen LogP contribution in [0, 0.1) is 35.5 Å². The maximum absolute atomic E-state index is 2.80. The van der Waals surface area contributed by atoms with E-state index in [4.69, 9.17) is 0 Å². The lowest BCUT2D eigenvalue weighted by molar-refractivity contribution is -0.555. The van der Waals surface area contributed by atoms with Crippen molar-refractivity contribution in [2.24, 2.45) is 35.5 Å². The van der Waals surface area contributed by atoms with Crippen LogP contribution in [0.5, 0.6) is 0 Å². The summed E-state index contributed by atoms with van der Waals surface area (Å²) in [5, 5.41) is 0. The van der Waals surface area contributed by atoms with Crippen LogP contribution in [-0.4, -0.2) is 3.42 Å². The maximum Gasteiger partial charge on any atom is 0.0325 e. The Morgan fingerprint density at radius 2 is 1.33 bits per heavy atom. The van der Waals surface area contributed by atoms with Crippen LogP contribution in [0.1, 0.15) is 5.56 Å².